The van der Waals surface area contributed by atoms with E-state index in [1.807, 2.05) is 30.3 Å². The number of carbonyl (C=O) groups excluding carboxylic acids is 2. The van der Waals surface area contributed by atoms with E-state index in [0.29, 0.717) is 40.7 Å². The molecule has 7 nitrogen and oxygen atoms in total. The van der Waals surface area contributed by atoms with Crippen LogP contribution in [0.3, 0.4) is 0 Å². The minimum absolute atomic E-state index is 0.00725. The van der Waals surface area contributed by atoms with Gasteiger partial charge in [0, 0.05) is 29.7 Å². The molecule has 0 radical (unpaired) electrons. The van der Waals surface area contributed by atoms with Crippen molar-refractivity contribution in [2.24, 2.45) is 5.73 Å². The quantitative estimate of drug-likeness (QED) is 0.313. The molecule has 35 heavy (non-hydrogen) atoms. The van der Waals surface area contributed by atoms with Crippen molar-refractivity contribution >= 4 is 29.1 Å². The third-order valence-electron chi connectivity index (χ3n) is 5.08. The van der Waals surface area contributed by atoms with E-state index in [1.165, 1.54) is 0 Å². The third-order valence-corrected chi connectivity index (χ3v) is 5.33. The van der Waals surface area contributed by atoms with Crippen molar-refractivity contribution in [1.29, 1.82) is 0 Å². The number of halogens is 1. The van der Waals surface area contributed by atoms with E-state index >= 15 is 0 Å². The average molecular weight is 493 g/mol. The van der Waals surface area contributed by atoms with E-state index in [1.54, 1.807) is 61.8 Å². The predicted molar refractivity (Wildman–Crippen MR) is 139 cm³/mol. The first-order chi connectivity index (χ1) is 16.9. The number of hydrogen-bond donors (Lipinski definition) is 4. The Kier molecular flexibility index (Phi) is 9.57. The van der Waals surface area contributed by atoms with Crippen LogP contribution in [0.5, 0.6) is 11.5 Å². The minimum Gasteiger partial charge on any atom is -0.457 e. The molecule has 0 heterocycles. The van der Waals surface area contributed by atoms with Crippen LogP contribution in [0.1, 0.15) is 18.4 Å². The maximum atomic E-state index is 13.1. The summed E-state index contributed by atoms with van der Waals surface area (Å²) in [6, 6.07) is 23.1. The van der Waals surface area contributed by atoms with Gasteiger partial charge in [-0.15, -0.1) is 0 Å². The molecular formula is C27H29ClN4O3. The Morgan fingerprint density at radius 1 is 0.971 bits per heavy atom. The molecule has 0 saturated heterocycles. The molecule has 2 amide bonds. The summed E-state index contributed by atoms with van der Waals surface area (Å²) in [7, 11) is 1.70. The molecule has 8 heteroatoms. The standard InChI is InChI=1S/C27H29ClN4O3/c1-30-18-21(29)17-26(33)32-25(16-7-19-5-3-2-4-6-19)27(34)31-22-10-14-24(15-11-22)35-23-12-8-20(28)9-13-23/h2-6,8-15,18,25,30H,7,16-17,29H2,1H3,(H,31,34)(H,32,33)/b21-18-/t25-/m0/s1. The van der Waals surface area contributed by atoms with Gasteiger partial charge in [-0.2, -0.15) is 0 Å². The lowest BCUT2D eigenvalue weighted by Gasteiger charge is -2.19. The minimum atomic E-state index is -0.727. The number of aryl methyl sites for hydroxylation is 1. The van der Waals surface area contributed by atoms with Gasteiger partial charge < -0.3 is 26.4 Å². The Hall–Kier alpha value is -3.97. The number of ether oxygens (including phenoxy) is 1. The third kappa shape index (κ3) is 8.72. The number of carbonyl (C=O) groups is 2. The van der Waals surface area contributed by atoms with Gasteiger partial charge in [0.2, 0.25) is 11.8 Å². The molecule has 0 unspecified atom stereocenters. The van der Waals surface area contributed by atoms with Crippen LogP contribution in [-0.2, 0) is 16.0 Å². The molecule has 0 bridgehead atoms. The van der Waals surface area contributed by atoms with Gasteiger partial charge >= 0.3 is 0 Å². The number of rotatable bonds is 11. The summed E-state index contributed by atoms with van der Waals surface area (Å²) in [5, 5.41) is 9.10. The zero-order valence-electron chi connectivity index (χ0n) is 19.5. The van der Waals surface area contributed by atoms with Gasteiger partial charge in [0.15, 0.2) is 0 Å². The molecule has 0 saturated carbocycles. The van der Waals surface area contributed by atoms with E-state index in [-0.39, 0.29) is 18.2 Å². The molecule has 0 aliphatic carbocycles. The summed E-state index contributed by atoms with van der Waals surface area (Å²) < 4.78 is 5.79. The van der Waals surface area contributed by atoms with Crippen LogP contribution in [0.25, 0.3) is 0 Å². The lowest BCUT2D eigenvalue weighted by atomic mass is 10.0. The van der Waals surface area contributed by atoms with Gasteiger partial charge in [-0.25, -0.2) is 0 Å². The fraction of sp³-hybridized carbons (Fsp3) is 0.185. The Bertz CT molecular complexity index is 1130. The molecule has 0 spiro atoms. The van der Waals surface area contributed by atoms with Crippen molar-refractivity contribution < 1.29 is 14.3 Å². The van der Waals surface area contributed by atoms with E-state index in [4.69, 9.17) is 22.1 Å². The fourth-order valence-electron chi connectivity index (χ4n) is 3.37. The summed E-state index contributed by atoms with van der Waals surface area (Å²) >= 11 is 5.90. The maximum Gasteiger partial charge on any atom is 0.246 e. The van der Waals surface area contributed by atoms with Gasteiger partial charge in [0.05, 0.1) is 6.42 Å². The Morgan fingerprint density at radius 2 is 1.60 bits per heavy atom. The normalized spacial score (nSPS) is 11.9. The topological polar surface area (TPSA) is 105 Å². The second-order valence-electron chi connectivity index (χ2n) is 7.90. The van der Waals surface area contributed by atoms with Crippen molar-refractivity contribution in [3.05, 3.63) is 101 Å². The summed E-state index contributed by atoms with van der Waals surface area (Å²) in [6.45, 7) is 0. The number of nitrogens with two attached hydrogens (primary N) is 1. The predicted octanol–water partition coefficient (Wildman–Crippen LogP) is 4.60. The van der Waals surface area contributed by atoms with E-state index in [0.717, 1.165) is 5.56 Å². The highest BCUT2D eigenvalue weighted by Crippen LogP contribution is 2.24. The molecule has 0 aliphatic rings. The first kappa shape index (κ1) is 25.6. The monoisotopic (exact) mass is 492 g/mol. The molecule has 0 aromatic heterocycles. The molecule has 3 aromatic rings. The SMILES string of the molecule is CN/C=C(\N)CC(=O)N[C@@H](CCc1ccccc1)C(=O)Nc1ccc(Oc2ccc(Cl)cc2)cc1. The summed E-state index contributed by atoms with van der Waals surface area (Å²) in [6.07, 6.45) is 2.61. The molecule has 1 atom stereocenters. The number of anilines is 1. The van der Waals surface area contributed by atoms with Crippen LogP contribution >= 0.6 is 11.6 Å². The van der Waals surface area contributed by atoms with Gasteiger partial charge in [0.1, 0.15) is 17.5 Å². The zero-order valence-corrected chi connectivity index (χ0v) is 20.2. The second-order valence-corrected chi connectivity index (χ2v) is 8.34. The smallest absolute Gasteiger partial charge is 0.246 e. The first-order valence-electron chi connectivity index (χ1n) is 11.2. The molecule has 182 valence electrons. The van der Waals surface area contributed by atoms with Crippen molar-refractivity contribution in [3.63, 3.8) is 0 Å². The number of nitrogens with one attached hydrogen (secondary N) is 3. The highest BCUT2D eigenvalue weighted by Gasteiger charge is 2.21. The lowest BCUT2D eigenvalue weighted by Crippen LogP contribution is -2.44. The Labute approximate surface area is 210 Å². The van der Waals surface area contributed by atoms with Crippen LogP contribution in [0.4, 0.5) is 5.69 Å². The molecule has 0 aliphatic heterocycles. The molecular weight excluding hydrogens is 464 g/mol. The first-order valence-corrected chi connectivity index (χ1v) is 11.6. The van der Waals surface area contributed by atoms with Crippen molar-refractivity contribution in [2.75, 3.05) is 12.4 Å². The zero-order chi connectivity index (χ0) is 25.0. The van der Waals surface area contributed by atoms with E-state index in [2.05, 4.69) is 16.0 Å². The van der Waals surface area contributed by atoms with Crippen molar-refractivity contribution in [2.45, 2.75) is 25.3 Å². The number of benzene rings is 3. The van der Waals surface area contributed by atoms with E-state index < -0.39 is 6.04 Å². The van der Waals surface area contributed by atoms with Gasteiger partial charge in [-0.3, -0.25) is 9.59 Å². The second kappa shape index (κ2) is 13.1. The van der Waals surface area contributed by atoms with E-state index in [9.17, 15) is 9.59 Å². The van der Waals surface area contributed by atoms with Crippen LogP contribution in [-0.4, -0.2) is 24.9 Å². The van der Waals surface area contributed by atoms with Crippen molar-refractivity contribution in [3.8, 4) is 11.5 Å². The average Bonchev–Trinajstić information content (AvgIpc) is 2.85. The Balaban J connectivity index is 1.64. The van der Waals surface area contributed by atoms with Crippen LogP contribution in [0, 0.1) is 0 Å². The van der Waals surface area contributed by atoms with Crippen LogP contribution in [0.2, 0.25) is 5.02 Å². The van der Waals surface area contributed by atoms with Gasteiger partial charge in [-0.05, 0) is 66.9 Å². The molecule has 3 aromatic carbocycles. The number of amides is 2. The largest absolute Gasteiger partial charge is 0.457 e. The highest BCUT2D eigenvalue weighted by atomic mass is 35.5. The molecule has 5 N–H and O–H groups in total. The van der Waals surface area contributed by atoms with Gasteiger partial charge in [0.25, 0.3) is 0 Å². The van der Waals surface area contributed by atoms with Crippen LogP contribution in [0.15, 0.2) is 90.8 Å². The van der Waals surface area contributed by atoms with Gasteiger partial charge in [-0.1, -0.05) is 41.9 Å². The summed E-state index contributed by atoms with van der Waals surface area (Å²) in [5.41, 5.74) is 7.87. The molecule has 0 fully saturated rings. The fourth-order valence-corrected chi connectivity index (χ4v) is 3.49. The maximum absolute atomic E-state index is 13.1. The molecule has 3 rings (SSSR count). The Morgan fingerprint density at radius 3 is 2.23 bits per heavy atom. The van der Waals surface area contributed by atoms with Crippen molar-refractivity contribution in [1.82, 2.24) is 10.6 Å². The van der Waals surface area contributed by atoms with Crippen LogP contribution < -0.4 is 26.4 Å². The highest BCUT2D eigenvalue weighted by molar-refractivity contribution is 6.30. The summed E-state index contributed by atoms with van der Waals surface area (Å²) in [5.74, 6) is 0.637. The number of hydrogen-bond acceptors (Lipinski definition) is 5. The lowest BCUT2D eigenvalue weighted by molar-refractivity contribution is -0.126. The summed E-state index contributed by atoms with van der Waals surface area (Å²) in [4.78, 5) is 25.5.